The Balaban J connectivity index is 1.57. The van der Waals surface area contributed by atoms with Crippen molar-refractivity contribution in [3.8, 4) is 11.1 Å². The lowest BCUT2D eigenvalue weighted by Crippen LogP contribution is -2.39. The first-order valence-electron chi connectivity index (χ1n) is 15.6. The number of hydrogen-bond acceptors (Lipinski definition) is 5. The van der Waals surface area contributed by atoms with Crippen molar-refractivity contribution in [1.82, 2.24) is 9.88 Å². The standard InChI is InChI=1S/C36H45ClFN3O3/c1-22-30(25-11-12-26-20-40(16-13-24(26)19-25)21-27-28(37)9-8-10-29(27)38)32(41-17-14-36(6,7)15-18-41)31(23(2)39-22)33(34(42)43)44-35(3,4)5/h8-12,19,33H,13-18,20-21H2,1-7H3,(H,42,43)/t33-/m0/s1. The predicted octanol–water partition coefficient (Wildman–Crippen LogP) is 8.28. The maximum absolute atomic E-state index is 14.5. The molecule has 0 bridgehead atoms. The van der Waals surface area contributed by atoms with E-state index in [4.69, 9.17) is 21.3 Å². The number of fused-ring (bicyclic) bond motifs is 1. The molecule has 2 aliphatic heterocycles. The van der Waals surface area contributed by atoms with Crippen molar-refractivity contribution in [2.24, 2.45) is 5.41 Å². The summed E-state index contributed by atoms with van der Waals surface area (Å²) in [6.45, 7) is 17.8. The summed E-state index contributed by atoms with van der Waals surface area (Å²) in [6.07, 6.45) is 1.69. The molecule has 6 nitrogen and oxygen atoms in total. The van der Waals surface area contributed by atoms with Crippen molar-refractivity contribution < 1.29 is 19.0 Å². The van der Waals surface area contributed by atoms with Gasteiger partial charge in [-0.2, -0.15) is 0 Å². The molecule has 0 amide bonds. The number of halogens is 2. The van der Waals surface area contributed by atoms with E-state index in [0.29, 0.717) is 34.9 Å². The number of rotatable bonds is 7. The molecule has 3 aromatic rings. The van der Waals surface area contributed by atoms with Crippen LogP contribution in [0.25, 0.3) is 11.1 Å². The number of benzene rings is 2. The molecule has 0 spiro atoms. The number of carboxylic acid groups (broad SMARTS) is 1. The summed E-state index contributed by atoms with van der Waals surface area (Å²) in [5, 5.41) is 10.9. The minimum atomic E-state index is -1.15. The number of hydrogen-bond donors (Lipinski definition) is 1. The molecule has 1 N–H and O–H groups in total. The predicted molar refractivity (Wildman–Crippen MR) is 175 cm³/mol. The fourth-order valence-electron chi connectivity index (χ4n) is 6.56. The third-order valence-electron chi connectivity index (χ3n) is 9.00. The van der Waals surface area contributed by atoms with Gasteiger partial charge in [-0.05, 0) is 88.1 Å². The lowest BCUT2D eigenvalue weighted by atomic mass is 9.81. The van der Waals surface area contributed by atoms with Crippen LogP contribution < -0.4 is 4.90 Å². The lowest BCUT2D eigenvalue weighted by Gasteiger charge is -2.41. The van der Waals surface area contributed by atoms with E-state index in [-0.39, 0.29) is 11.2 Å². The lowest BCUT2D eigenvalue weighted by molar-refractivity contribution is -0.160. The van der Waals surface area contributed by atoms with E-state index in [1.807, 2.05) is 34.6 Å². The average molecular weight is 622 g/mol. The van der Waals surface area contributed by atoms with Gasteiger partial charge in [-0.1, -0.05) is 49.7 Å². The Bertz CT molecular complexity index is 1530. The molecular formula is C36H45ClFN3O3. The highest BCUT2D eigenvalue weighted by atomic mass is 35.5. The highest BCUT2D eigenvalue weighted by Gasteiger charge is 2.36. The largest absolute Gasteiger partial charge is 0.479 e. The topological polar surface area (TPSA) is 65.9 Å². The van der Waals surface area contributed by atoms with Gasteiger partial charge in [0.1, 0.15) is 5.82 Å². The molecule has 0 radical (unpaired) electrons. The zero-order chi connectivity index (χ0) is 32.0. The first-order valence-corrected chi connectivity index (χ1v) is 16.0. The minimum Gasteiger partial charge on any atom is -0.479 e. The summed E-state index contributed by atoms with van der Waals surface area (Å²) in [5.41, 5.74) is 7.66. The van der Waals surface area contributed by atoms with Crippen LogP contribution >= 0.6 is 11.6 Å². The van der Waals surface area contributed by atoms with Crippen LogP contribution in [-0.2, 0) is 29.0 Å². The quantitative estimate of drug-likeness (QED) is 0.286. The van der Waals surface area contributed by atoms with E-state index in [1.165, 1.54) is 17.2 Å². The number of nitrogens with zero attached hydrogens (tertiary/aromatic N) is 3. The molecule has 44 heavy (non-hydrogen) atoms. The summed E-state index contributed by atoms with van der Waals surface area (Å²) in [7, 11) is 0. The Morgan fingerprint density at radius 3 is 2.43 bits per heavy atom. The van der Waals surface area contributed by atoms with Gasteiger partial charge in [0.15, 0.2) is 6.10 Å². The number of piperidine rings is 1. The number of aliphatic carboxylic acids is 1. The number of carboxylic acids is 1. The number of pyridine rings is 1. The average Bonchev–Trinajstić information content (AvgIpc) is 2.93. The Hall–Kier alpha value is -3.00. The van der Waals surface area contributed by atoms with Crippen molar-refractivity contribution in [2.45, 2.75) is 92.5 Å². The Labute approximate surface area is 266 Å². The summed E-state index contributed by atoms with van der Waals surface area (Å²) in [6, 6.07) is 11.3. The molecule has 236 valence electrons. The van der Waals surface area contributed by atoms with Crippen LogP contribution in [0.1, 0.15) is 87.2 Å². The molecule has 1 saturated heterocycles. The van der Waals surface area contributed by atoms with Crippen molar-refractivity contribution in [3.05, 3.63) is 80.9 Å². The van der Waals surface area contributed by atoms with Crippen molar-refractivity contribution >= 4 is 23.3 Å². The van der Waals surface area contributed by atoms with Crippen LogP contribution in [0.4, 0.5) is 10.1 Å². The van der Waals surface area contributed by atoms with Crippen molar-refractivity contribution in [2.75, 3.05) is 24.5 Å². The van der Waals surface area contributed by atoms with Gasteiger partial charge < -0.3 is 14.7 Å². The number of aryl methyl sites for hydroxylation is 2. The third-order valence-corrected chi connectivity index (χ3v) is 9.35. The maximum atomic E-state index is 14.5. The fourth-order valence-corrected chi connectivity index (χ4v) is 6.79. The summed E-state index contributed by atoms with van der Waals surface area (Å²) in [4.78, 5) is 22.3. The van der Waals surface area contributed by atoms with E-state index >= 15 is 0 Å². The van der Waals surface area contributed by atoms with E-state index in [0.717, 1.165) is 61.4 Å². The molecule has 0 saturated carbocycles. The molecule has 0 aliphatic carbocycles. The Morgan fingerprint density at radius 2 is 1.80 bits per heavy atom. The number of carbonyl (C=O) groups is 1. The van der Waals surface area contributed by atoms with Crippen LogP contribution in [0.15, 0.2) is 36.4 Å². The van der Waals surface area contributed by atoms with Gasteiger partial charge in [0.05, 0.1) is 11.3 Å². The van der Waals surface area contributed by atoms with Gasteiger partial charge in [0, 0.05) is 65.8 Å². The third kappa shape index (κ3) is 6.95. The van der Waals surface area contributed by atoms with Crippen LogP contribution in [-0.4, -0.2) is 46.2 Å². The number of ether oxygens (including phenoxy) is 1. The SMILES string of the molecule is Cc1nc(C)c([C@H](OC(C)(C)C)C(=O)O)c(N2CCC(C)(C)CC2)c1-c1ccc2c(c1)CCN(Cc1c(F)cccc1Cl)C2. The Morgan fingerprint density at radius 1 is 1.09 bits per heavy atom. The zero-order valence-electron chi connectivity index (χ0n) is 27.1. The molecular weight excluding hydrogens is 577 g/mol. The fraction of sp³-hybridized carbons (Fsp3) is 0.500. The molecule has 3 heterocycles. The summed E-state index contributed by atoms with van der Waals surface area (Å²) in [5.74, 6) is -1.29. The second-order valence-electron chi connectivity index (χ2n) is 14.2. The van der Waals surface area contributed by atoms with Crippen molar-refractivity contribution in [1.29, 1.82) is 0 Å². The molecule has 2 aromatic carbocycles. The van der Waals surface area contributed by atoms with Gasteiger partial charge in [-0.15, -0.1) is 0 Å². The minimum absolute atomic E-state index is 0.229. The molecule has 1 fully saturated rings. The van der Waals surface area contributed by atoms with E-state index in [2.05, 4.69) is 41.8 Å². The highest BCUT2D eigenvalue weighted by molar-refractivity contribution is 6.31. The first-order chi connectivity index (χ1) is 20.6. The van der Waals surface area contributed by atoms with Gasteiger partial charge in [-0.3, -0.25) is 9.88 Å². The van der Waals surface area contributed by atoms with E-state index < -0.39 is 17.7 Å². The molecule has 1 aromatic heterocycles. The number of aromatic nitrogens is 1. The summed E-state index contributed by atoms with van der Waals surface area (Å²) >= 11 is 6.33. The van der Waals surface area contributed by atoms with Gasteiger partial charge in [-0.25, -0.2) is 9.18 Å². The molecule has 8 heteroatoms. The monoisotopic (exact) mass is 621 g/mol. The maximum Gasteiger partial charge on any atom is 0.337 e. The molecule has 2 aliphatic rings. The van der Waals surface area contributed by atoms with E-state index in [1.54, 1.807) is 12.1 Å². The zero-order valence-corrected chi connectivity index (χ0v) is 27.8. The first kappa shape index (κ1) is 32.4. The van der Waals surface area contributed by atoms with Gasteiger partial charge >= 0.3 is 5.97 Å². The second-order valence-corrected chi connectivity index (χ2v) is 14.6. The van der Waals surface area contributed by atoms with Gasteiger partial charge in [0.2, 0.25) is 0 Å². The van der Waals surface area contributed by atoms with Crippen LogP contribution in [0.2, 0.25) is 5.02 Å². The highest BCUT2D eigenvalue weighted by Crippen LogP contribution is 2.45. The molecule has 5 rings (SSSR count). The molecule has 0 unspecified atom stereocenters. The van der Waals surface area contributed by atoms with Crippen LogP contribution in [0.5, 0.6) is 0 Å². The second kappa shape index (κ2) is 12.4. The normalized spacial score (nSPS) is 17.8. The van der Waals surface area contributed by atoms with Gasteiger partial charge in [0.25, 0.3) is 0 Å². The van der Waals surface area contributed by atoms with Crippen LogP contribution in [0.3, 0.4) is 0 Å². The Kier molecular flexibility index (Phi) is 9.14. The summed E-state index contributed by atoms with van der Waals surface area (Å²) < 4.78 is 20.7. The van der Waals surface area contributed by atoms with Crippen LogP contribution in [0, 0.1) is 25.1 Å². The van der Waals surface area contributed by atoms with E-state index in [9.17, 15) is 14.3 Å². The molecule has 1 atom stereocenters. The van der Waals surface area contributed by atoms with Crippen molar-refractivity contribution in [3.63, 3.8) is 0 Å². The smallest absolute Gasteiger partial charge is 0.337 e. The number of anilines is 1.